The molecule has 1 N–H and O–H groups in total. The molecule has 0 radical (unpaired) electrons. The third kappa shape index (κ3) is 1.18. The van der Waals surface area contributed by atoms with E-state index in [4.69, 9.17) is 0 Å². The van der Waals surface area contributed by atoms with Crippen molar-refractivity contribution in [1.29, 1.82) is 0 Å². The van der Waals surface area contributed by atoms with Gasteiger partial charge in [0.15, 0.2) is 0 Å². The summed E-state index contributed by atoms with van der Waals surface area (Å²) in [5.74, 6) is 0. The van der Waals surface area contributed by atoms with Gasteiger partial charge in [0.05, 0.1) is 15.8 Å². The molecule has 8 heavy (non-hydrogen) atoms. The molecule has 1 atom stereocenters. The zero-order chi connectivity index (χ0) is 5.98. The van der Waals surface area contributed by atoms with Crippen molar-refractivity contribution in [3.63, 3.8) is 0 Å². The number of aromatic nitrogens is 3. The van der Waals surface area contributed by atoms with Crippen LogP contribution in [0.25, 0.3) is 0 Å². The number of rotatable bonds is 1. The third-order valence-electron chi connectivity index (χ3n) is 0.841. The maximum atomic E-state index is 3.87. The van der Waals surface area contributed by atoms with Crippen LogP contribution in [0.15, 0.2) is 6.20 Å². The van der Waals surface area contributed by atoms with Crippen LogP contribution in [0.2, 0.25) is 0 Å². The first kappa shape index (κ1) is 6.00. The lowest BCUT2D eigenvalue weighted by Gasteiger charge is -1.90. The number of H-pyrrole nitrogens is 1. The van der Waals surface area contributed by atoms with E-state index in [-0.39, 0.29) is 0 Å². The number of nitrogens with zero attached hydrogens (tertiary/aromatic N) is 2. The first-order valence-corrected chi connectivity index (χ1v) is 3.55. The van der Waals surface area contributed by atoms with E-state index in [1.54, 1.807) is 6.20 Å². The third-order valence-corrected chi connectivity index (χ3v) is 1.48. The van der Waals surface area contributed by atoms with Crippen molar-refractivity contribution in [3.8, 4) is 0 Å². The van der Waals surface area contributed by atoms with Gasteiger partial charge in [0.1, 0.15) is 0 Å². The number of halogens is 1. The van der Waals surface area contributed by atoms with E-state index in [1.807, 2.05) is 0 Å². The van der Waals surface area contributed by atoms with Crippen LogP contribution in [-0.2, 0) is 0 Å². The Kier molecular flexibility index (Phi) is 1.82. The molecule has 1 aromatic rings. The highest BCUT2D eigenvalue weighted by atomic mass is 127. The topological polar surface area (TPSA) is 41.6 Å². The molecule has 1 heterocycles. The van der Waals surface area contributed by atoms with Crippen LogP contribution in [0.5, 0.6) is 0 Å². The Hall–Kier alpha value is -0.130. The van der Waals surface area contributed by atoms with E-state index < -0.39 is 0 Å². The Morgan fingerprint density at radius 2 is 2.62 bits per heavy atom. The lowest BCUT2D eigenvalue weighted by atomic mass is 10.4. The average Bonchev–Trinajstić information content (AvgIpc) is 2.12. The molecule has 4 heteroatoms. The predicted molar refractivity (Wildman–Crippen MR) is 38.8 cm³/mol. The molecule has 1 unspecified atom stereocenters. The molecule has 0 bridgehead atoms. The molecule has 0 fully saturated rings. The summed E-state index contributed by atoms with van der Waals surface area (Å²) < 4.78 is 0.450. The second kappa shape index (κ2) is 2.43. The fourth-order valence-electron chi connectivity index (χ4n) is 0.402. The van der Waals surface area contributed by atoms with Gasteiger partial charge in [-0.1, -0.05) is 22.6 Å². The Morgan fingerprint density at radius 3 is 2.88 bits per heavy atom. The Balaban J connectivity index is 2.77. The molecule has 44 valence electrons. The van der Waals surface area contributed by atoms with Gasteiger partial charge in [0.25, 0.3) is 0 Å². The molecular formula is C4H6IN3. The highest BCUT2D eigenvalue weighted by Gasteiger charge is 2.00. The van der Waals surface area contributed by atoms with Crippen LogP contribution in [0, 0.1) is 0 Å². The summed E-state index contributed by atoms with van der Waals surface area (Å²) in [5, 5.41) is 10.1. The van der Waals surface area contributed by atoms with Crippen LogP contribution in [-0.4, -0.2) is 15.4 Å². The monoisotopic (exact) mass is 223 g/mol. The van der Waals surface area contributed by atoms with Gasteiger partial charge >= 0.3 is 0 Å². The van der Waals surface area contributed by atoms with Crippen molar-refractivity contribution in [3.05, 3.63) is 11.9 Å². The maximum absolute atomic E-state index is 3.87. The molecule has 0 saturated carbocycles. The average molecular weight is 223 g/mol. The summed E-state index contributed by atoms with van der Waals surface area (Å²) in [4.78, 5) is 0. The fraction of sp³-hybridized carbons (Fsp3) is 0.500. The summed E-state index contributed by atoms with van der Waals surface area (Å²) >= 11 is 2.28. The van der Waals surface area contributed by atoms with Gasteiger partial charge in [-0.3, -0.25) is 0 Å². The largest absolute Gasteiger partial charge is 0.198 e. The summed E-state index contributed by atoms with van der Waals surface area (Å²) in [6, 6.07) is 0. The van der Waals surface area contributed by atoms with Gasteiger partial charge in [0.2, 0.25) is 0 Å². The number of hydrogen-bond acceptors (Lipinski definition) is 2. The smallest absolute Gasteiger partial charge is 0.0949 e. The van der Waals surface area contributed by atoms with Gasteiger partial charge in [-0.05, 0) is 6.92 Å². The standard InChI is InChI=1S/C4H6IN3/c1-3(5)4-2-6-8-7-4/h2-3H,1H3,(H,6,7,8). The lowest BCUT2D eigenvalue weighted by Crippen LogP contribution is -1.81. The van der Waals surface area contributed by atoms with Crippen molar-refractivity contribution in [2.75, 3.05) is 0 Å². The van der Waals surface area contributed by atoms with Gasteiger partial charge in [-0.15, -0.1) is 0 Å². The van der Waals surface area contributed by atoms with E-state index in [0.29, 0.717) is 3.92 Å². The van der Waals surface area contributed by atoms with E-state index in [2.05, 4.69) is 44.9 Å². The molecule has 0 aromatic carbocycles. The van der Waals surface area contributed by atoms with Crippen molar-refractivity contribution in [2.24, 2.45) is 0 Å². The molecule has 0 amide bonds. The van der Waals surface area contributed by atoms with Crippen molar-refractivity contribution in [2.45, 2.75) is 10.8 Å². The Labute approximate surface area is 61.0 Å². The number of nitrogens with one attached hydrogen (secondary N) is 1. The second-order valence-electron chi connectivity index (χ2n) is 1.51. The SMILES string of the molecule is CC(I)c1cn[nH]n1. The molecule has 0 saturated heterocycles. The quantitative estimate of drug-likeness (QED) is 0.575. The maximum Gasteiger partial charge on any atom is 0.0949 e. The summed E-state index contributed by atoms with van der Waals surface area (Å²) in [6.07, 6.45) is 1.73. The molecule has 0 aliphatic carbocycles. The van der Waals surface area contributed by atoms with Crippen LogP contribution < -0.4 is 0 Å². The van der Waals surface area contributed by atoms with Crippen LogP contribution in [0.3, 0.4) is 0 Å². The van der Waals surface area contributed by atoms with E-state index in [9.17, 15) is 0 Å². The fourth-order valence-corrected chi connectivity index (χ4v) is 0.702. The number of hydrogen-bond donors (Lipinski definition) is 1. The van der Waals surface area contributed by atoms with E-state index in [0.717, 1.165) is 5.69 Å². The zero-order valence-electron chi connectivity index (χ0n) is 4.43. The predicted octanol–water partition coefficient (Wildman–Crippen LogP) is 1.30. The first-order valence-electron chi connectivity index (χ1n) is 2.30. The first-order chi connectivity index (χ1) is 3.80. The van der Waals surface area contributed by atoms with E-state index >= 15 is 0 Å². The van der Waals surface area contributed by atoms with Gasteiger partial charge in [-0.2, -0.15) is 15.4 Å². The molecule has 0 spiro atoms. The normalized spacial score (nSPS) is 13.8. The molecule has 0 aliphatic heterocycles. The van der Waals surface area contributed by atoms with Gasteiger partial charge < -0.3 is 0 Å². The minimum Gasteiger partial charge on any atom is -0.198 e. The van der Waals surface area contributed by atoms with Crippen LogP contribution in [0.1, 0.15) is 16.5 Å². The minimum atomic E-state index is 0.450. The molecule has 3 nitrogen and oxygen atoms in total. The number of alkyl halides is 1. The van der Waals surface area contributed by atoms with E-state index in [1.165, 1.54) is 0 Å². The van der Waals surface area contributed by atoms with Crippen LogP contribution >= 0.6 is 22.6 Å². The summed E-state index contributed by atoms with van der Waals surface area (Å²) in [6.45, 7) is 2.07. The molecule has 1 rings (SSSR count). The molecule has 1 aromatic heterocycles. The van der Waals surface area contributed by atoms with Gasteiger partial charge in [-0.25, -0.2) is 0 Å². The Morgan fingerprint density at radius 1 is 1.88 bits per heavy atom. The van der Waals surface area contributed by atoms with Crippen LogP contribution in [0.4, 0.5) is 0 Å². The van der Waals surface area contributed by atoms with Crippen molar-refractivity contribution >= 4 is 22.6 Å². The lowest BCUT2D eigenvalue weighted by molar-refractivity contribution is 0.909. The zero-order valence-corrected chi connectivity index (χ0v) is 6.58. The highest BCUT2D eigenvalue weighted by molar-refractivity contribution is 14.1. The summed E-state index contributed by atoms with van der Waals surface area (Å²) in [7, 11) is 0. The molecular weight excluding hydrogens is 217 g/mol. The Bertz CT molecular complexity index is 146. The number of aromatic amines is 1. The summed E-state index contributed by atoms with van der Waals surface area (Å²) in [5.41, 5.74) is 1.01. The van der Waals surface area contributed by atoms with Crippen molar-refractivity contribution in [1.82, 2.24) is 15.4 Å². The van der Waals surface area contributed by atoms with Crippen molar-refractivity contribution < 1.29 is 0 Å². The van der Waals surface area contributed by atoms with Gasteiger partial charge in [0, 0.05) is 0 Å². The second-order valence-corrected chi connectivity index (χ2v) is 3.38. The molecule has 0 aliphatic rings. The highest BCUT2D eigenvalue weighted by Crippen LogP contribution is 2.17. The minimum absolute atomic E-state index is 0.450.